The molecule has 1 aliphatic rings. The Labute approximate surface area is 181 Å². The topological polar surface area (TPSA) is 65.9 Å². The molecule has 2 atom stereocenters. The van der Waals surface area contributed by atoms with Crippen LogP contribution in [-0.4, -0.2) is 43.5 Å². The van der Waals surface area contributed by atoms with Crippen molar-refractivity contribution >= 4 is 29.9 Å². The molecule has 9 heteroatoms. The Kier molecular flexibility index (Phi) is 10.2. The lowest BCUT2D eigenvalue weighted by atomic mass is 9.85. The first kappa shape index (κ1) is 24.6. The molecule has 28 heavy (non-hydrogen) atoms. The van der Waals surface area contributed by atoms with Crippen LogP contribution in [0.25, 0.3) is 0 Å². The summed E-state index contributed by atoms with van der Waals surface area (Å²) in [5, 5.41) is 15.9. The second-order valence-corrected chi connectivity index (χ2v) is 6.76. The Morgan fingerprint density at radius 3 is 2.71 bits per heavy atom. The zero-order valence-electron chi connectivity index (χ0n) is 16.2. The van der Waals surface area contributed by atoms with Gasteiger partial charge in [-0.2, -0.15) is 13.2 Å². The average Bonchev–Trinajstić information content (AvgIpc) is 2.63. The van der Waals surface area contributed by atoms with E-state index >= 15 is 0 Å². The minimum Gasteiger partial charge on any atom is -0.504 e. The van der Waals surface area contributed by atoms with E-state index in [1.54, 1.807) is 18.2 Å². The highest BCUT2D eigenvalue weighted by molar-refractivity contribution is 14.0. The summed E-state index contributed by atoms with van der Waals surface area (Å²) in [5.41, 5.74) is 0.957. The Bertz CT molecular complexity index is 641. The number of ether oxygens (including phenoxy) is 1. The molecule has 0 amide bonds. The lowest BCUT2D eigenvalue weighted by Crippen LogP contribution is -2.46. The third-order valence-corrected chi connectivity index (χ3v) is 4.74. The summed E-state index contributed by atoms with van der Waals surface area (Å²) in [6, 6.07) is 4.89. The van der Waals surface area contributed by atoms with Gasteiger partial charge in [0, 0.05) is 19.1 Å². The van der Waals surface area contributed by atoms with E-state index in [0.29, 0.717) is 44.1 Å². The number of aliphatic imine (C=N–C) groups is 1. The van der Waals surface area contributed by atoms with Crippen molar-refractivity contribution in [3.05, 3.63) is 23.8 Å². The molecule has 0 aromatic heterocycles. The number of phenols is 1. The summed E-state index contributed by atoms with van der Waals surface area (Å²) in [5.74, 6) is -0.217. The highest BCUT2D eigenvalue weighted by atomic mass is 127. The summed E-state index contributed by atoms with van der Waals surface area (Å²) in [6.07, 6.45) is -1.93. The maximum atomic E-state index is 13.0. The van der Waals surface area contributed by atoms with Crippen molar-refractivity contribution < 1.29 is 23.0 Å². The van der Waals surface area contributed by atoms with Crippen LogP contribution in [-0.2, 0) is 6.42 Å². The number of aromatic hydroxyl groups is 1. The summed E-state index contributed by atoms with van der Waals surface area (Å²) in [7, 11) is 1.49. The van der Waals surface area contributed by atoms with Gasteiger partial charge in [-0.05, 0) is 50.3 Å². The van der Waals surface area contributed by atoms with Crippen molar-refractivity contribution in [1.29, 1.82) is 0 Å². The molecule has 5 nitrogen and oxygen atoms in total. The Balaban J connectivity index is 0.00000392. The standard InChI is InChI=1S/C19H28F3N3O2.HI/c1-3-23-18(25-15-6-4-5-14(12-15)19(20,21)22)24-10-9-13-7-8-16(26)17(11-13)27-2;/h7-8,11,14-15,26H,3-6,9-10,12H2,1-2H3,(H2,23,24,25);1H. The predicted octanol–water partition coefficient (Wildman–Crippen LogP) is 4.24. The third-order valence-electron chi connectivity index (χ3n) is 4.74. The number of phenolic OH excluding ortho intramolecular Hbond substituents is 1. The molecule has 2 unspecified atom stereocenters. The van der Waals surface area contributed by atoms with E-state index in [1.165, 1.54) is 7.11 Å². The predicted molar refractivity (Wildman–Crippen MR) is 115 cm³/mol. The van der Waals surface area contributed by atoms with Gasteiger partial charge in [-0.15, -0.1) is 24.0 Å². The van der Waals surface area contributed by atoms with Crippen LogP contribution in [0.15, 0.2) is 23.2 Å². The normalized spacial score (nSPS) is 20.2. The van der Waals surface area contributed by atoms with Gasteiger partial charge in [0.2, 0.25) is 0 Å². The summed E-state index contributed by atoms with van der Waals surface area (Å²) >= 11 is 0. The van der Waals surface area contributed by atoms with E-state index in [9.17, 15) is 18.3 Å². The van der Waals surface area contributed by atoms with Crippen LogP contribution < -0.4 is 15.4 Å². The van der Waals surface area contributed by atoms with Gasteiger partial charge in [-0.3, -0.25) is 4.99 Å². The Morgan fingerprint density at radius 1 is 1.32 bits per heavy atom. The molecular weight excluding hydrogens is 486 g/mol. The third kappa shape index (κ3) is 7.56. The van der Waals surface area contributed by atoms with E-state index in [-0.39, 0.29) is 48.6 Å². The van der Waals surface area contributed by atoms with Gasteiger partial charge in [-0.25, -0.2) is 0 Å². The van der Waals surface area contributed by atoms with Crippen molar-refractivity contribution in [2.24, 2.45) is 10.9 Å². The fourth-order valence-electron chi connectivity index (χ4n) is 3.31. The SMILES string of the molecule is CCNC(=NCCc1ccc(O)c(OC)c1)NC1CCCC(C(F)(F)F)C1.I. The van der Waals surface area contributed by atoms with E-state index in [1.807, 2.05) is 6.92 Å². The number of rotatable bonds is 6. The molecule has 1 aromatic carbocycles. The van der Waals surface area contributed by atoms with E-state index in [4.69, 9.17) is 4.74 Å². The maximum absolute atomic E-state index is 13.0. The molecule has 2 rings (SSSR count). The van der Waals surface area contributed by atoms with Crippen LogP contribution in [0.1, 0.15) is 38.2 Å². The van der Waals surface area contributed by atoms with Gasteiger partial charge >= 0.3 is 6.18 Å². The first-order valence-corrected chi connectivity index (χ1v) is 9.31. The second-order valence-electron chi connectivity index (χ2n) is 6.76. The monoisotopic (exact) mass is 515 g/mol. The molecule has 0 bridgehead atoms. The number of halogens is 4. The van der Waals surface area contributed by atoms with E-state index in [2.05, 4.69) is 15.6 Å². The van der Waals surface area contributed by atoms with Crippen molar-refractivity contribution in [1.82, 2.24) is 10.6 Å². The van der Waals surface area contributed by atoms with Crippen molar-refractivity contribution in [3.63, 3.8) is 0 Å². The molecule has 3 N–H and O–H groups in total. The first-order valence-electron chi connectivity index (χ1n) is 9.31. The van der Waals surface area contributed by atoms with Gasteiger partial charge in [0.05, 0.1) is 13.0 Å². The number of hydrogen-bond acceptors (Lipinski definition) is 3. The molecule has 1 aromatic rings. The molecule has 0 radical (unpaired) electrons. The smallest absolute Gasteiger partial charge is 0.391 e. The number of alkyl halides is 3. The minimum absolute atomic E-state index is 0. The summed E-state index contributed by atoms with van der Waals surface area (Å²) < 4.78 is 44.0. The Morgan fingerprint density at radius 2 is 2.07 bits per heavy atom. The van der Waals surface area contributed by atoms with Crippen molar-refractivity contribution in [2.45, 2.75) is 51.2 Å². The minimum atomic E-state index is -4.13. The van der Waals surface area contributed by atoms with Gasteiger partial charge < -0.3 is 20.5 Å². The highest BCUT2D eigenvalue weighted by Gasteiger charge is 2.42. The summed E-state index contributed by atoms with van der Waals surface area (Å²) in [6.45, 7) is 3.02. The zero-order chi connectivity index (χ0) is 19.9. The van der Waals surface area contributed by atoms with Crippen molar-refractivity contribution in [2.75, 3.05) is 20.2 Å². The van der Waals surface area contributed by atoms with E-state index in [0.717, 1.165) is 5.56 Å². The van der Waals surface area contributed by atoms with Crippen LogP contribution >= 0.6 is 24.0 Å². The van der Waals surface area contributed by atoms with Crippen LogP contribution in [0.4, 0.5) is 13.2 Å². The lowest BCUT2D eigenvalue weighted by molar-refractivity contribution is -0.183. The number of nitrogens with one attached hydrogen (secondary N) is 2. The molecule has 1 aliphatic carbocycles. The number of nitrogens with zero attached hydrogens (tertiary/aromatic N) is 1. The fraction of sp³-hybridized carbons (Fsp3) is 0.632. The van der Waals surface area contributed by atoms with Gasteiger partial charge in [0.25, 0.3) is 0 Å². The van der Waals surface area contributed by atoms with Gasteiger partial charge in [0.15, 0.2) is 17.5 Å². The molecule has 0 saturated heterocycles. The molecule has 1 fully saturated rings. The number of guanidine groups is 1. The van der Waals surface area contributed by atoms with Crippen LogP contribution in [0, 0.1) is 5.92 Å². The fourth-order valence-corrected chi connectivity index (χ4v) is 3.31. The molecular formula is C19H29F3IN3O2. The maximum Gasteiger partial charge on any atom is 0.391 e. The zero-order valence-corrected chi connectivity index (χ0v) is 18.5. The highest BCUT2D eigenvalue weighted by Crippen LogP contribution is 2.37. The quantitative estimate of drug-likeness (QED) is 0.302. The van der Waals surface area contributed by atoms with Gasteiger partial charge in [0.1, 0.15) is 0 Å². The van der Waals surface area contributed by atoms with Crippen LogP contribution in [0.2, 0.25) is 0 Å². The van der Waals surface area contributed by atoms with E-state index < -0.39 is 12.1 Å². The summed E-state index contributed by atoms with van der Waals surface area (Å²) in [4.78, 5) is 4.48. The first-order chi connectivity index (χ1) is 12.8. The molecule has 0 heterocycles. The molecule has 0 spiro atoms. The number of methoxy groups -OCH3 is 1. The lowest BCUT2D eigenvalue weighted by Gasteiger charge is -2.31. The number of hydrogen-bond donors (Lipinski definition) is 3. The van der Waals surface area contributed by atoms with Gasteiger partial charge in [-0.1, -0.05) is 12.5 Å². The van der Waals surface area contributed by atoms with Crippen molar-refractivity contribution in [3.8, 4) is 11.5 Å². The Hall–Kier alpha value is -1.39. The second kappa shape index (κ2) is 11.6. The average molecular weight is 515 g/mol. The largest absolute Gasteiger partial charge is 0.504 e. The number of benzene rings is 1. The molecule has 0 aliphatic heterocycles. The molecule has 160 valence electrons. The molecule has 1 saturated carbocycles. The van der Waals surface area contributed by atoms with Crippen LogP contribution in [0.3, 0.4) is 0 Å². The van der Waals surface area contributed by atoms with Crippen LogP contribution in [0.5, 0.6) is 11.5 Å².